The van der Waals surface area contributed by atoms with Crippen LogP contribution in [-0.4, -0.2) is 31.8 Å². The van der Waals surface area contributed by atoms with Crippen LogP contribution < -0.4 is 10.6 Å². The molecule has 3 aliphatic rings. The van der Waals surface area contributed by atoms with Crippen molar-refractivity contribution in [3.63, 3.8) is 0 Å². The van der Waals surface area contributed by atoms with Crippen molar-refractivity contribution in [2.24, 2.45) is 0 Å². The maximum Gasteiger partial charge on any atom is 0.110 e. The first kappa shape index (κ1) is 8.50. The Bertz CT molecular complexity index is 300. The molecule has 1 fully saturated rings. The molecule has 0 atom stereocenters. The van der Waals surface area contributed by atoms with Crippen molar-refractivity contribution in [1.82, 2.24) is 10.6 Å². The van der Waals surface area contributed by atoms with Crippen molar-refractivity contribution in [1.29, 1.82) is 0 Å². The molecular formula is C11H16N2O. The molecule has 0 saturated carbocycles. The summed E-state index contributed by atoms with van der Waals surface area (Å²) in [7, 11) is 0. The van der Waals surface area contributed by atoms with E-state index in [1.165, 1.54) is 24.0 Å². The summed E-state index contributed by atoms with van der Waals surface area (Å²) in [5.41, 5.74) is 3.22. The monoisotopic (exact) mass is 192 g/mol. The largest absolute Gasteiger partial charge is 0.497 e. The molecule has 0 bridgehead atoms. The highest BCUT2D eigenvalue weighted by molar-refractivity contribution is 5.43. The van der Waals surface area contributed by atoms with Crippen molar-refractivity contribution >= 4 is 0 Å². The molecule has 0 aromatic rings. The summed E-state index contributed by atoms with van der Waals surface area (Å²) >= 11 is 0. The molecule has 3 nitrogen and oxygen atoms in total. The van der Waals surface area contributed by atoms with Crippen LogP contribution in [0.4, 0.5) is 0 Å². The number of hydrogen-bond acceptors (Lipinski definition) is 3. The maximum atomic E-state index is 5.32. The Balaban J connectivity index is 1.93. The zero-order valence-electron chi connectivity index (χ0n) is 8.31. The maximum absolute atomic E-state index is 5.32. The lowest BCUT2D eigenvalue weighted by Crippen LogP contribution is -2.50. The van der Waals surface area contributed by atoms with E-state index in [4.69, 9.17) is 4.74 Å². The minimum atomic E-state index is 0.265. The van der Waals surface area contributed by atoms with Crippen molar-refractivity contribution in [3.8, 4) is 0 Å². The molecule has 0 aliphatic carbocycles. The Morgan fingerprint density at radius 3 is 3.00 bits per heavy atom. The normalized spacial score (nSPS) is 29.1. The molecular weight excluding hydrogens is 176 g/mol. The summed E-state index contributed by atoms with van der Waals surface area (Å²) in [6, 6.07) is 0. The SMILES string of the molecule is C1=CC2=C(CNC23CCNCC3)CO1. The van der Waals surface area contributed by atoms with Crippen LogP contribution in [0.25, 0.3) is 0 Å². The van der Waals surface area contributed by atoms with Crippen LogP contribution in [0.2, 0.25) is 0 Å². The van der Waals surface area contributed by atoms with Gasteiger partial charge in [0.05, 0.1) is 6.26 Å². The third-order valence-electron chi connectivity index (χ3n) is 3.58. The molecule has 3 rings (SSSR count). The van der Waals surface area contributed by atoms with E-state index in [0.29, 0.717) is 0 Å². The van der Waals surface area contributed by atoms with E-state index in [1.54, 1.807) is 0 Å². The van der Waals surface area contributed by atoms with E-state index < -0.39 is 0 Å². The minimum Gasteiger partial charge on any atom is -0.497 e. The van der Waals surface area contributed by atoms with Gasteiger partial charge in [-0.15, -0.1) is 0 Å². The topological polar surface area (TPSA) is 33.3 Å². The van der Waals surface area contributed by atoms with Crippen molar-refractivity contribution < 1.29 is 4.74 Å². The van der Waals surface area contributed by atoms with Crippen LogP contribution in [-0.2, 0) is 4.74 Å². The van der Waals surface area contributed by atoms with Crippen LogP contribution in [0.1, 0.15) is 12.8 Å². The van der Waals surface area contributed by atoms with Crippen molar-refractivity contribution in [3.05, 3.63) is 23.5 Å². The number of nitrogens with one attached hydrogen (secondary N) is 2. The predicted molar refractivity (Wildman–Crippen MR) is 55.0 cm³/mol. The molecule has 3 aliphatic heterocycles. The molecule has 0 unspecified atom stereocenters. The number of rotatable bonds is 0. The number of ether oxygens (including phenoxy) is 1. The zero-order valence-corrected chi connectivity index (χ0v) is 8.31. The second-order valence-electron chi connectivity index (χ2n) is 4.32. The Morgan fingerprint density at radius 2 is 2.14 bits per heavy atom. The molecule has 14 heavy (non-hydrogen) atoms. The molecule has 0 amide bonds. The van der Waals surface area contributed by atoms with E-state index in [1.807, 2.05) is 6.26 Å². The average molecular weight is 192 g/mol. The molecule has 1 saturated heterocycles. The van der Waals surface area contributed by atoms with Gasteiger partial charge >= 0.3 is 0 Å². The lowest BCUT2D eigenvalue weighted by molar-refractivity contribution is 0.272. The van der Waals surface area contributed by atoms with Crippen molar-refractivity contribution in [2.75, 3.05) is 26.2 Å². The van der Waals surface area contributed by atoms with E-state index in [0.717, 1.165) is 26.2 Å². The summed E-state index contributed by atoms with van der Waals surface area (Å²) in [6.45, 7) is 4.05. The second-order valence-corrected chi connectivity index (χ2v) is 4.32. The third-order valence-corrected chi connectivity index (χ3v) is 3.58. The van der Waals surface area contributed by atoms with Gasteiger partial charge in [0.15, 0.2) is 0 Å². The highest BCUT2D eigenvalue weighted by Crippen LogP contribution is 2.36. The van der Waals surface area contributed by atoms with E-state index in [-0.39, 0.29) is 5.54 Å². The van der Waals surface area contributed by atoms with Gasteiger partial charge < -0.3 is 15.4 Å². The Labute approximate surface area is 84.2 Å². The van der Waals surface area contributed by atoms with Crippen LogP contribution in [0.3, 0.4) is 0 Å². The fourth-order valence-corrected chi connectivity index (χ4v) is 2.78. The first-order chi connectivity index (χ1) is 6.91. The molecule has 1 spiro atoms. The Hall–Kier alpha value is -0.800. The van der Waals surface area contributed by atoms with Crippen LogP contribution in [0.5, 0.6) is 0 Å². The average Bonchev–Trinajstić information content (AvgIpc) is 2.60. The summed E-state index contributed by atoms with van der Waals surface area (Å²) in [5, 5.41) is 7.08. The summed E-state index contributed by atoms with van der Waals surface area (Å²) in [5.74, 6) is 0. The number of piperidine rings is 1. The van der Waals surface area contributed by atoms with Crippen LogP contribution >= 0.6 is 0 Å². The van der Waals surface area contributed by atoms with E-state index >= 15 is 0 Å². The van der Waals surface area contributed by atoms with Gasteiger partial charge in [0, 0.05) is 12.1 Å². The zero-order chi connectivity index (χ0) is 9.43. The van der Waals surface area contributed by atoms with Crippen LogP contribution in [0.15, 0.2) is 23.5 Å². The molecule has 0 aromatic carbocycles. The van der Waals surface area contributed by atoms with Gasteiger partial charge in [0.25, 0.3) is 0 Å². The number of fused-ring (bicyclic) bond motifs is 1. The van der Waals surface area contributed by atoms with Gasteiger partial charge in [-0.3, -0.25) is 0 Å². The number of hydrogen-bond donors (Lipinski definition) is 2. The van der Waals surface area contributed by atoms with Gasteiger partial charge in [-0.2, -0.15) is 0 Å². The molecule has 0 aromatic heterocycles. The first-order valence-electron chi connectivity index (χ1n) is 5.37. The van der Waals surface area contributed by atoms with Gasteiger partial charge in [0.1, 0.15) is 6.61 Å². The fraction of sp³-hybridized carbons (Fsp3) is 0.636. The van der Waals surface area contributed by atoms with Crippen molar-refractivity contribution in [2.45, 2.75) is 18.4 Å². The second kappa shape index (κ2) is 3.11. The molecule has 0 radical (unpaired) electrons. The standard InChI is InChI=1S/C11H16N2O/c1-6-14-8-9-7-13-11(10(1)9)2-4-12-5-3-11/h1,6,12-13H,2-5,7-8H2. The van der Waals surface area contributed by atoms with Gasteiger partial charge in [-0.25, -0.2) is 0 Å². The fourth-order valence-electron chi connectivity index (χ4n) is 2.78. The third kappa shape index (κ3) is 1.12. The Kier molecular flexibility index (Phi) is 1.89. The molecule has 2 N–H and O–H groups in total. The van der Waals surface area contributed by atoms with E-state index in [2.05, 4.69) is 16.7 Å². The molecule has 3 heteroatoms. The Morgan fingerprint density at radius 1 is 1.29 bits per heavy atom. The smallest absolute Gasteiger partial charge is 0.110 e. The predicted octanol–water partition coefficient (Wildman–Crippen LogP) is 0.552. The summed E-state index contributed by atoms with van der Waals surface area (Å²) in [6.07, 6.45) is 6.41. The highest BCUT2D eigenvalue weighted by Gasteiger charge is 2.40. The first-order valence-corrected chi connectivity index (χ1v) is 5.37. The van der Waals surface area contributed by atoms with E-state index in [9.17, 15) is 0 Å². The van der Waals surface area contributed by atoms with Gasteiger partial charge in [0.2, 0.25) is 0 Å². The molecule has 76 valence electrons. The van der Waals surface area contributed by atoms with Crippen LogP contribution in [0, 0.1) is 0 Å². The lowest BCUT2D eigenvalue weighted by atomic mass is 9.81. The lowest BCUT2D eigenvalue weighted by Gasteiger charge is -2.36. The quantitative estimate of drug-likeness (QED) is 0.588. The summed E-state index contributed by atoms with van der Waals surface area (Å²) in [4.78, 5) is 0. The molecule has 3 heterocycles. The van der Waals surface area contributed by atoms with Gasteiger partial charge in [-0.1, -0.05) is 0 Å². The highest BCUT2D eigenvalue weighted by atomic mass is 16.5. The summed E-state index contributed by atoms with van der Waals surface area (Å²) < 4.78 is 5.32. The van der Waals surface area contributed by atoms with Gasteiger partial charge in [-0.05, 0) is 43.2 Å². The minimum absolute atomic E-state index is 0.265.